The van der Waals surface area contributed by atoms with E-state index < -0.39 is 23.9 Å². The first-order chi connectivity index (χ1) is 13.9. The molecule has 9 heteroatoms. The fourth-order valence-corrected chi connectivity index (χ4v) is 4.58. The van der Waals surface area contributed by atoms with Crippen LogP contribution in [-0.2, 0) is 20.8 Å². The molecule has 1 saturated heterocycles. The van der Waals surface area contributed by atoms with Crippen LogP contribution in [-0.4, -0.2) is 58.4 Å². The second kappa shape index (κ2) is 9.39. The van der Waals surface area contributed by atoms with Gasteiger partial charge in [0.2, 0.25) is 0 Å². The monoisotopic (exact) mass is 407 g/mol. The molecule has 2 fully saturated rings. The van der Waals surface area contributed by atoms with Crippen molar-refractivity contribution in [2.75, 3.05) is 19.8 Å². The molecule has 0 aromatic carbocycles. The van der Waals surface area contributed by atoms with Crippen LogP contribution in [0.15, 0.2) is 6.33 Å². The highest BCUT2D eigenvalue weighted by molar-refractivity contribution is 6.00. The minimum absolute atomic E-state index is 0.0215. The Hall–Kier alpha value is -2.42. The van der Waals surface area contributed by atoms with E-state index >= 15 is 0 Å². The van der Waals surface area contributed by atoms with Gasteiger partial charge >= 0.3 is 17.9 Å². The number of carboxylic acid groups (broad SMARTS) is 1. The number of hydrogen-bond donors (Lipinski definition) is 2. The van der Waals surface area contributed by atoms with Gasteiger partial charge in [0.15, 0.2) is 11.4 Å². The van der Waals surface area contributed by atoms with Crippen molar-refractivity contribution in [2.24, 2.45) is 17.8 Å². The minimum Gasteiger partial charge on any atom is -0.480 e. The summed E-state index contributed by atoms with van der Waals surface area (Å²) in [6.07, 6.45) is 5.01. The first kappa shape index (κ1) is 21.3. The molecule has 3 rings (SSSR count). The van der Waals surface area contributed by atoms with Gasteiger partial charge in [0.25, 0.3) is 0 Å². The zero-order valence-corrected chi connectivity index (χ0v) is 16.9. The smallest absolute Gasteiger partial charge is 0.359 e. The Labute approximate surface area is 169 Å². The summed E-state index contributed by atoms with van der Waals surface area (Å²) < 4.78 is 11.8. The second-order valence-electron chi connectivity index (χ2n) is 7.77. The quantitative estimate of drug-likeness (QED) is 0.656. The molecule has 2 N–H and O–H groups in total. The highest BCUT2D eigenvalue weighted by Gasteiger charge is 2.38. The number of ether oxygens (including phenoxy) is 2. The maximum absolute atomic E-state index is 12.5. The highest BCUT2D eigenvalue weighted by Crippen LogP contribution is 2.39. The molecule has 0 bridgehead atoms. The molecular weight excluding hydrogens is 378 g/mol. The number of carbonyl (C=O) groups excluding carboxylic acids is 2. The number of nitrogens with zero attached hydrogens (tertiary/aromatic N) is 2. The Bertz CT molecular complexity index is 761. The Morgan fingerprint density at radius 2 is 1.86 bits per heavy atom. The molecule has 1 saturated carbocycles. The molecule has 160 valence electrons. The van der Waals surface area contributed by atoms with Crippen LogP contribution in [0.3, 0.4) is 0 Å². The molecule has 1 aliphatic carbocycles. The predicted molar refractivity (Wildman–Crippen MR) is 103 cm³/mol. The van der Waals surface area contributed by atoms with Gasteiger partial charge in [-0.25, -0.2) is 14.6 Å². The van der Waals surface area contributed by atoms with E-state index in [0.29, 0.717) is 24.8 Å². The van der Waals surface area contributed by atoms with E-state index in [2.05, 4.69) is 10.3 Å². The summed E-state index contributed by atoms with van der Waals surface area (Å²) in [6.45, 7) is 5.07. The number of aromatic nitrogens is 2. The summed E-state index contributed by atoms with van der Waals surface area (Å²) in [5.41, 5.74) is 0.105. The molecule has 0 radical (unpaired) electrons. The predicted octanol–water partition coefficient (Wildman–Crippen LogP) is 1.72. The Morgan fingerprint density at radius 3 is 2.55 bits per heavy atom. The number of carbonyl (C=O) groups is 3. The van der Waals surface area contributed by atoms with Gasteiger partial charge in [-0.2, -0.15) is 0 Å². The van der Waals surface area contributed by atoms with Gasteiger partial charge in [-0.3, -0.25) is 4.79 Å². The first-order valence-electron chi connectivity index (χ1n) is 10.3. The Morgan fingerprint density at radius 1 is 1.14 bits per heavy atom. The van der Waals surface area contributed by atoms with E-state index in [1.807, 2.05) is 0 Å². The molecule has 0 amide bonds. The summed E-state index contributed by atoms with van der Waals surface area (Å²) in [4.78, 5) is 40.1. The van der Waals surface area contributed by atoms with Crippen molar-refractivity contribution in [1.29, 1.82) is 0 Å². The molecule has 1 aromatic heterocycles. The average molecular weight is 407 g/mol. The maximum Gasteiger partial charge on any atom is 0.359 e. The standard InChI is InChI=1S/C20H29N3O6/c1-3-28-19(26)16-17(20(27)29-4-2)23(11-22-16)10-12-5-6-13-9-21-15(18(24)25)8-14(13)7-12/h11-15,21H,3-10H2,1-2H3,(H,24,25). The lowest BCUT2D eigenvalue weighted by atomic mass is 9.69. The van der Waals surface area contributed by atoms with Crippen LogP contribution < -0.4 is 5.32 Å². The number of esters is 2. The molecule has 4 unspecified atom stereocenters. The van der Waals surface area contributed by atoms with E-state index in [4.69, 9.17) is 9.47 Å². The third kappa shape index (κ3) is 4.77. The van der Waals surface area contributed by atoms with Crippen LogP contribution in [0.25, 0.3) is 0 Å². The van der Waals surface area contributed by atoms with Crippen molar-refractivity contribution < 1.29 is 29.0 Å². The fraction of sp³-hybridized carbons (Fsp3) is 0.700. The highest BCUT2D eigenvalue weighted by atomic mass is 16.5. The number of nitrogens with one attached hydrogen (secondary N) is 1. The topological polar surface area (TPSA) is 120 Å². The van der Waals surface area contributed by atoms with Gasteiger partial charge in [0.05, 0.1) is 19.5 Å². The number of imidazole rings is 1. The number of aliphatic carboxylic acids is 1. The zero-order valence-electron chi connectivity index (χ0n) is 16.9. The minimum atomic E-state index is -0.802. The SMILES string of the molecule is CCOC(=O)c1ncn(CC2CCC3CNC(C(=O)O)CC3C2)c1C(=O)OCC. The van der Waals surface area contributed by atoms with E-state index in [0.717, 1.165) is 25.8 Å². The van der Waals surface area contributed by atoms with E-state index in [1.54, 1.807) is 18.4 Å². The molecule has 4 atom stereocenters. The molecular formula is C20H29N3O6. The van der Waals surface area contributed by atoms with Crippen molar-refractivity contribution >= 4 is 17.9 Å². The third-order valence-electron chi connectivity index (χ3n) is 5.94. The number of hydrogen-bond acceptors (Lipinski definition) is 7. The lowest BCUT2D eigenvalue weighted by molar-refractivity contribution is -0.141. The second-order valence-corrected chi connectivity index (χ2v) is 7.77. The normalized spacial score (nSPS) is 26.4. The third-order valence-corrected chi connectivity index (χ3v) is 5.94. The van der Waals surface area contributed by atoms with Gasteiger partial charge in [-0.05, 0) is 63.8 Å². The largest absolute Gasteiger partial charge is 0.480 e. The van der Waals surface area contributed by atoms with Crippen molar-refractivity contribution in [3.8, 4) is 0 Å². The lowest BCUT2D eigenvalue weighted by Crippen LogP contribution is -2.49. The van der Waals surface area contributed by atoms with Crippen molar-refractivity contribution in [3.05, 3.63) is 17.7 Å². The molecule has 9 nitrogen and oxygen atoms in total. The van der Waals surface area contributed by atoms with Gasteiger partial charge in [-0.15, -0.1) is 0 Å². The molecule has 1 aliphatic heterocycles. The van der Waals surface area contributed by atoms with E-state index in [9.17, 15) is 19.5 Å². The van der Waals surface area contributed by atoms with Crippen LogP contribution >= 0.6 is 0 Å². The maximum atomic E-state index is 12.5. The molecule has 2 heterocycles. The number of fused-ring (bicyclic) bond motifs is 1. The zero-order chi connectivity index (χ0) is 21.0. The van der Waals surface area contributed by atoms with Gasteiger partial charge < -0.3 is 24.5 Å². The average Bonchev–Trinajstić information content (AvgIpc) is 3.11. The fourth-order valence-electron chi connectivity index (χ4n) is 4.58. The van der Waals surface area contributed by atoms with Crippen molar-refractivity contribution in [3.63, 3.8) is 0 Å². The van der Waals surface area contributed by atoms with Gasteiger partial charge in [0.1, 0.15) is 6.04 Å². The summed E-state index contributed by atoms with van der Waals surface area (Å²) in [6, 6.07) is -0.492. The van der Waals surface area contributed by atoms with Crippen molar-refractivity contribution in [2.45, 2.75) is 52.1 Å². The molecule has 2 aliphatic rings. The van der Waals surface area contributed by atoms with Crippen molar-refractivity contribution in [1.82, 2.24) is 14.9 Å². The Balaban J connectivity index is 1.74. The van der Waals surface area contributed by atoms with Crippen LogP contribution in [0, 0.1) is 17.8 Å². The van der Waals surface area contributed by atoms with E-state index in [1.165, 1.54) is 6.33 Å². The summed E-state index contributed by atoms with van der Waals surface area (Å²) in [7, 11) is 0. The summed E-state index contributed by atoms with van der Waals surface area (Å²) >= 11 is 0. The summed E-state index contributed by atoms with van der Waals surface area (Å²) in [5, 5.41) is 12.4. The molecule has 29 heavy (non-hydrogen) atoms. The van der Waals surface area contributed by atoms with Gasteiger partial charge in [0, 0.05) is 6.54 Å². The number of rotatable bonds is 7. The van der Waals surface area contributed by atoms with E-state index in [-0.39, 0.29) is 30.5 Å². The van der Waals surface area contributed by atoms with Crippen LogP contribution in [0.1, 0.15) is 60.5 Å². The summed E-state index contributed by atoms with van der Waals surface area (Å²) in [5.74, 6) is -0.917. The number of piperidine rings is 1. The first-order valence-corrected chi connectivity index (χ1v) is 10.3. The molecule has 1 aromatic rings. The number of carboxylic acids is 1. The van der Waals surface area contributed by atoms with Gasteiger partial charge in [-0.1, -0.05) is 0 Å². The van der Waals surface area contributed by atoms with Crippen LogP contribution in [0.5, 0.6) is 0 Å². The molecule has 0 spiro atoms. The Kier molecular flexibility index (Phi) is 6.89. The van der Waals surface area contributed by atoms with Crippen LogP contribution in [0.4, 0.5) is 0 Å². The lowest BCUT2D eigenvalue weighted by Gasteiger charge is -2.41. The van der Waals surface area contributed by atoms with Crippen LogP contribution in [0.2, 0.25) is 0 Å².